The monoisotopic (exact) mass is 423 g/mol. The molecule has 0 amide bonds. The van der Waals surface area contributed by atoms with E-state index >= 15 is 0 Å². The molecule has 0 aliphatic rings. The molecule has 8 heteroatoms. The largest absolute Gasteiger partial charge is 0.481 e. The maximum atomic E-state index is 10.6. The van der Waals surface area contributed by atoms with Gasteiger partial charge >= 0.3 is 5.97 Å². The summed E-state index contributed by atoms with van der Waals surface area (Å²) in [6.07, 6.45) is 4.17. The number of hydrogen-bond donors (Lipinski definition) is 1. The zero-order chi connectivity index (χ0) is 20.9. The highest BCUT2D eigenvalue weighted by Gasteiger charge is 2.13. The van der Waals surface area contributed by atoms with Gasteiger partial charge < -0.3 is 9.67 Å². The summed E-state index contributed by atoms with van der Waals surface area (Å²) in [6, 6.07) is 16.1. The maximum Gasteiger partial charge on any atom is 0.303 e. The Morgan fingerprint density at radius 2 is 1.83 bits per heavy atom. The second kappa shape index (κ2) is 9.09. The minimum absolute atomic E-state index is 0.159. The number of carbonyl (C=O) groups is 1. The first kappa shape index (κ1) is 20.1. The van der Waals surface area contributed by atoms with Crippen LogP contribution in [-0.4, -0.2) is 35.9 Å². The lowest BCUT2D eigenvalue weighted by atomic mass is 10.1. The Kier molecular flexibility index (Phi) is 6.09. The first-order valence-electron chi connectivity index (χ1n) is 9.89. The van der Waals surface area contributed by atoms with Crippen molar-refractivity contribution < 1.29 is 9.90 Å². The molecule has 0 atom stereocenters. The van der Waals surface area contributed by atoms with E-state index in [1.165, 1.54) is 0 Å². The molecule has 0 fully saturated rings. The topological polar surface area (TPSA) is 85.8 Å². The van der Waals surface area contributed by atoms with Crippen LogP contribution in [0.1, 0.15) is 36.2 Å². The Balaban J connectivity index is 1.51. The van der Waals surface area contributed by atoms with Crippen LogP contribution < -0.4 is 0 Å². The summed E-state index contributed by atoms with van der Waals surface area (Å²) in [5.74, 6) is -0.135. The zero-order valence-electron chi connectivity index (χ0n) is 16.4. The first-order valence-corrected chi connectivity index (χ1v) is 10.3. The molecule has 0 aliphatic heterocycles. The number of para-hydroxylation sites is 1. The second-order valence-corrected chi connectivity index (χ2v) is 7.63. The van der Waals surface area contributed by atoms with Gasteiger partial charge in [-0.1, -0.05) is 48.0 Å². The molecule has 2 aromatic heterocycles. The standard InChI is InChI=1S/C22H22ClN5O2/c23-19-9-3-1-7-16(19)14-27-15-17(18-8-2-4-10-20(18)27)13-21-24-26-28(25-21)12-6-5-11-22(29)30/h1-4,7-10,15H,5-6,11-14H2,(H,29,30). The number of nitrogens with zero attached hydrogens (tertiary/aromatic N) is 5. The van der Waals surface area contributed by atoms with Crippen molar-refractivity contribution in [3.63, 3.8) is 0 Å². The number of carboxylic acids is 1. The summed E-state index contributed by atoms with van der Waals surface area (Å²) in [7, 11) is 0. The average Bonchev–Trinajstić information content (AvgIpc) is 3.32. The molecule has 7 nitrogen and oxygen atoms in total. The summed E-state index contributed by atoms with van der Waals surface area (Å²) in [6.45, 7) is 1.25. The van der Waals surface area contributed by atoms with Crippen molar-refractivity contribution in [1.82, 2.24) is 24.8 Å². The Labute approximate surface area is 178 Å². The maximum absolute atomic E-state index is 10.6. The van der Waals surface area contributed by atoms with Gasteiger partial charge in [0, 0.05) is 41.5 Å². The number of aromatic nitrogens is 5. The van der Waals surface area contributed by atoms with E-state index in [0.29, 0.717) is 38.2 Å². The fraction of sp³-hybridized carbons (Fsp3) is 0.273. The number of carboxylic acid groups (broad SMARTS) is 1. The summed E-state index contributed by atoms with van der Waals surface area (Å²) in [5.41, 5.74) is 3.33. The van der Waals surface area contributed by atoms with Crippen LogP contribution >= 0.6 is 11.6 Å². The molecule has 1 N–H and O–H groups in total. The molecule has 0 spiro atoms. The summed E-state index contributed by atoms with van der Waals surface area (Å²) in [4.78, 5) is 12.1. The second-order valence-electron chi connectivity index (χ2n) is 7.22. The van der Waals surface area contributed by atoms with E-state index in [-0.39, 0.29) is 6.42 Å². The van der Waals surface area contributed by atoms with Gasteiger partial charge in [0.05, 0.1) is 6.54 Å². The lowest BCUT2D eigenvalue weighted by molar-refractivity contribution is -0.137. The molecule has 2 heterocycles. The van der Waals surface area contributed by atoms with Crippen molar-refractivity contribution in [3.8, 4) is 0 Å². The van der Waals surface area contributed by atoms with E-state index in [9.17, 15) is 4.79 Å². The van der Waals surface area contributed by atoms with Crippen molar-refractivity contribution in [2.45, 2.75) is 38.8 Å². The van der Waals surface area contributed by atoms with Crippen LogP contribution in [-0.2, 0) is 24.3 Å². The lowest BCUT2D eigenvalue weighted by Crippen LogP contribution is -2.04. The molecule has 0 bridgehead atoms. The van der Waals surface area contributed by atoms with Crippen molar-refractivity contribution in [1.29, 1.82) is 0 Å². The normalized spacial score (nSPS) is 11.2. The minimum Gasteiger partial charge on any atom is -0.481 e. The van der Waals surface area contributed by atoms with Gasteiger partial charge in [0.15, 0.2) is 5.82 Å². The molecule has 2 aromatic carbocycles. The fourth-order valence-electron chi connectivity index (χ4n) is 3.55. The molecule has 0 saturated heterocycles. The molecule has 0 radical (unpaired) electrons. The molecule has 0 unspecified atom stereocenters. The molecule has 154 valence electrons. The summed E-state index contributed by atoms with van der Waals surface area (Å²) >= 11 is 6.36. The lowest BCUT2D eigenvalue weighted by Gasteiger charge is -2.07. The van der Waals surface area contributed by atoms with Gasteiger partial charge in [0.1, 0.15) is 0 Å². The van der Waals surface area contributed by atoms with Crippen LogP contribution in [0, 0.1) is 0 Å². The summed E-state index contributed by atoms with van der Waals surface area (Å²) in [5, 5.41) is 23.4. The third-order valence-electron chi connectivity index (χ3n) is 5.01. The fourth-order valence-corrected chi connectivity index (χ4v) is 3.74. The van der Waals surface area contributed by atoms with Gasteiger partial charge in [-0.2, -0.15) is 4.80 Å². The number of aliphatic carboxylic acids is 1. The van der Waals surface area contributed by atoms with Gasteiger partial charge in [-0.15, -0.1) is 10.2 Å². The molecule has 4 aromatic rings. The van der Waals surface area contributed by atoms with Crippen LogP contribution in [0.5, 0.6) is 0 Å². The van der Waals surface area contributed by atoms with E-state index in [1.807, 2.05) is 36.4 Å². The number of hydrogen-bond acceptors (Lipinski definition) is 4. The SMILES string of the molecule is O=C(O)CCCCn1nnc(Cc2cn(Cc3ccccc3Cl)c3ccccc23)n1. The number of halogens is 1. The number of benzene rings is 2. The Morgan fingerprint density at radius 1 is 1.03 bits per heavy atom. The molecule has 4 rings (SSSR count). The highest BCUT2D eigenvalue weighted by atomic mass is 35.5. The van der Waals surface area contributed by atoms with E-state index in [0.717, 1.165) is 27.1 Å². The number of tetrazole rings is 1. The van der Waals surface area contributed by atoms with Crippen LogP contribution in [0.15, 0.2) is 54.7 Å². The van der Waals surface area contributed by atoms with Gasteiger partial charge in [-0.05, 0) is 41.3 Å². The molecular formula is C22H22ClN5O2. The molecule has 0 aliphatic carbocycles. The third-order valence-corrected chi connectivity index (χ3v) is 5.38. The van der Waals surface area contributed by atoms with Gasteiger partial charge in [-0.3, -0.25) is 4.79 Å². The quantitative estimate of drug-likeness (QED) is 0.408. The van der Waals surface area contributed by atoms with Crippen molar-refractivity contribution in [2.24, 2.45) is 0 Å². The van der Waals surface area contributed by atoms with Crippen LogP contribution in [0.3, 0.4) is 0 Å². The van der Waals surface area contributed by atoms with Gasteiger partial charge in [-0.25, -0.2) is 0 Å². The highest BCUT2D eigenvalue weighted by molar-refractivity contribution is 6.31. The third kappa shape index (κ3) is 4.68. The number of fused-ring (bicyclic) bond motifs is 1. The van der Waals surface area contributed by atoms with Crippen LogP contribution in [0.2, 0.25) is 5.02 Å². The Bertz CT molecular complexity index is 1170. The number of unbranched alkanes of at least 4 members (excludes halogenated alkanes) is 1. The predicted octanol–water partition coefficient (Wildman–Crippen LogP) is 4.18. The van der Waals surface area contributed by atoms with E-state index in [4.69, 9.17) is 16.7 Å². The van der Waals surface area contributed by atoms with Crippen molar-refractivity contribution in [3.05, 3.63) is 76.7 Å². The highest BCUT2D eigenvalue weighted by Crippen LogP contribution is 2.25. The minimum atomic E-state index is -0.782. The molecule has 0 saturated carbocycles. The predicted molar refractivity (Wildman–Crippen MR) is 115 cm³/mol. The van der Waals surface area contributed by atoms with Crippen LogP contribution in [0.4, 0.5) is 0 Å². The van der Waals surface area contributed by atoms with Gasteiger partial charge in [0.2, 0.25) is 0 Å². The summed E-state index contributed by atoms with van der Waals surface area (Å²) < 4.78 is 2.20. The van der Waals surface area contributed by atoms with Gasteiger partial charge in [0.25, 0.3) is 0 Å². The zero-order valence-corrected chi connectivity index (χ0v) is 17.2. The Hall–Kier alpha value is -3.19. The molecular weight excluding hydrogens is 402 g/mol. The van der Waals surface area contributed by atoms with E-state index < -0.39 is 5.97 Å². The van der Waals surface area contributed by atoms with Crippen molar-refractivity contribution in [2.75, 3.05) is 0 Å². The van der Waals surface area contributed by atoms with E-state index in [2.05, 4.69) is 38.3 Å². The van der Waals surface area contributed by atoms with Crippen LogP contribution in [0.25, 0.3) is 10.9 Å². The van der Waals surface area contributed by atoms with Crippen molar-refractivity contribution >= 4 is 28.5 Å². The molecule has 30 heavy (non-hydrogen) atoms. The first-order chi connectivity index (χ1) is 14.6. The van der Waals surface area contributed by atoms with E-state index in [1.54, 1.807) is 4.80 Å². The Morgan fingerprint density at radius 3 is 2.67 bits per heavy atom. The number of aryl methyl sites for hydroxylation is 1. The smallest absolute Gasteiger partial charge is 0.303 e. The number of rotatable bonds is 9. The average molecular weight is 424 g/mol.